The number of nitrogens with zero attached hydrogens (tertiary/aromatic N) is 5. The summed E-state index contributed by atoms with van der Waals surface area (Å²) in [5.41, 5.74) is 1.54. The van der Waals surface area contributed by atoms with Gasteiger partial charge in [-0.2, -0.15) is 14.5 Å². The van der Waals surface area contributed by atoms with Gasteiger partial charge < -0.3 is 0 Å². The molecule has 0 aliphatic carbocycles. The molecule has 27 heavy (non-hydrogen) atoms. The Balaban J connectivity index is 1.77. The lowest BCUT2D eigenvalue weighted by molar-refractivity contribution is 0.146. The van der Waals surface area contributed by atoms with Crippen molar-refractivity contribution in [2.45, 2.75) is 49.7 Å². The highest BCUT2D eigenvalue weighted by atomic mass is 32.2. The average molecular weight is 397 g/mol. The molecule has 0 N–H and O–H groups in total. The maximum absolute atomic E-state index is 13.5. The second-order valence-electron chi connectivity index (χ2n) is 7.10. The van der Waals surface area contributed by atoms with Crippen LogP contribution in [0.5, 0.6) is 0 Å². The van der Waals surface area contributed by atoms with Crippen LogP contribution < -0.4 is 0 Å². The van der Waals surface area contributed by atoms with Gasteiger partial charge >= 0.3 is 0 Å². The van der Waals surface area contributed by atoms with E-state index in [4.69, 9.17) is 0 Å². The fourth-order valence-corrected chi connectivity index (χ4v) is 6.54. The standard InChI is InChI=1S/C17H21F2N5O2S/c1-10-15(16(18)19)17(23(3)21-10)27(25,26)24-12-4-5-13(24)9-11(8-12)14-6-7-20-22(14)2/h6-8,12-13,16H,4-5,9H2,1-3H3/t12-,13-/m1/s1. The highest BCUT2D eigenvalue weighted by Gasteiger charge is 2.47. The van der Waals surface area contributed by atoms with Crippen LogP contribution in [0.25, 0.3) is 5.57 Å². The lowest BCUT2D eigenvalue weighted by Gasteiger charge is -2.33. The Morgan fingerprint density at radius 1 is 1.22 bits per heavy atom. The number of sulfonamides is 1. The van der Waals surface area contributed by atoms with Crippen molar-refractivity contribution in [3.05, 3.63) is 35.3 Å². The van der Waals surface area contributed by atoms with Crippen LogP contribution in [0.15, 0.2) is 23.4 Å². The van der Waals surface area contributed by atoms with E-state index in [0.717, 1.165) is 15.9 Å². The van der Waals surface area contributed by atoms with Crippen LogP contribution in [0.2, 0.25) is 0 Å². The first kappa shape index (κ1) is 18.3. The smallest absolute Gasteiger partial charge is 0.268 e. The summed E-state index contributed by atoms with van der Waals surface area (Å²) in [4.78, 5) is 0. The lowest BCUT2D eigenvalue weighted by atomic mass is 10.0. The van der Waals surface area contributed by atoms with Crippen LogP contribution in [-0.2, 0) is 24.1 Å². The Hall–Kier alpha value is -2.07. The number of alkyl halides is 2. The Labute approximate surface area is 156 Å². The van der Waals surface area contributed by atoms with Gasteiger partial charge in [0.2, 0.25) is 0 Å². The van der Waals surface area contributed by atoms with E-state index in [2.05, 4.69) is 10.2 Å². The SMILES string of the molecule is Cc1nn(C)c(S(=O)(=O)N2[C@@H]3CC[C@@H]2C=C(c2ccnn2C)C3)c1C(F)F. The second kappa shape index (κ2) is 6.23. The van der Waals surface area contributed by atoms with Gasteiger partial charge in [0, 0.05) is 32.4 Å². The molecular weight excluding hydrogens is 376 g/mol. The third-order valence-corrected chi connectivity index (χ3v) is 7.53. The zero-order valence-electron chi connectivity index (χ0n) is 15.3. The summed E-state index contributed by atoms with van der Waals surface area (Å²) in [5.74, 6) is 0. The van der Waals surface area contributed by atoms with Crippen LogP contribution in [0.3, 0.4) is 0 Å². The highest BCUT2D eigenvalue weighted by molar-refractivity contribution is 7.89. The minimum absolute atomic E-state index is 0.0431. The fourth-order valence-electron chi connectivity index (χ4n) is 4.36. The molecule has 0 unspecified atom stereocenters. The highest BCUT2D eigenvalue weighted by Crippen LogP contribution is 2.43. The molecular formula is C17H21F2N5O2S. The van der Waals surface area contributed by atoms with Crippen molar-refractivity contribution < 1.29 is 17.2 Å². The lowest BCUT2D eigenvalue weighted by Crippen LogP contribution is -2.43. The minimum atomic E-state index is -4.10. The number of aryl methyl sites for hydroxylation is 3. The summed E-state index contributed by atoms with van der Waals surface area (Å²) in [6.07, 6.45) is 2.65. The van der Waals surface area contributed by atoms with E-state index in [-0.39, 0.29) is 17.8 Å². The molecule has 2 aliphatic heterocycles. The Bertz CT molecular complexity index is 1020. The number of halogens is 2. The molecule has 0 radical (unpaired) electrons. The quantitative estimate of drug-likeness (QED) is 0.794. The fraction of sp³-hybridized carbons (Fsp3) is 0.529. The number of aromatic nitrogens is 4. The summed E-state index contributed by atoms with van der Waals surface area (Å²) in [6.45, 7) is 1.41. The maximum atomic E-state index is 13.5. The first-order valence-corrected chi connectivity index (χ1v) is 10.2. The van der Waals surface area contributed by atoms with Gasteiger partial charge in [0.25, 0.3) is 16.4 Å². The first-order valence-electron chi connectivity index (χ1n) is 8.76. The zero-order valence-corrected chi connectivity index (χ0v) is 16.1. The molecule has 0 saturated carbocycles. The van der Waals surface area contributed by atoms with Gasteiger partial charge in [0.15, 0.2) is 5.03 Å². The van der Waals surface area contributed by atoms with Crippen molar-refractivity contribution in [1.82, 2.24) is 23.9 Å². The average Bonchev–Trinajstić information content (AvgIpc) is 3.22. The monoisotopic (exact) mass is 397 g/mol. The first-order chi connectivity index (χ1) is 12.7. The van der Waals surface area contributed by atoms with Crippen molar-refractivity contribution in [2.24, 2.45) is 14.1 Å². The predicted molar refractivity (Wildman–Crippen MR) is 94.5 cm³/mol. The summed E-state index contributed by atoms with van der Waals surface area (Å²) >= 11 is 0. The van der Waals surface area contributed by atoms with E-state index in [1.807, 2.05) is 19.2 Å². The van der Waals surface area contributed by atoms with E-state index in [1.54, 1.807) is 10.9 Å². The van der Waals surface area contributed by atoms with Crippen LogP contribution in [-0.4, -0.2) is 44.4 Å². The zero-order chi connectivity index (χ0) is 19.5. The van der Waals surface area contributed by atoms with Gasteiger partial charge in [-0.15, -0.1) is 0 Å². The molecule has 4 heterocycles. The summed E-state index contributed by atoms with van der Waals surface area (Å²) in [6, 6.07) is 1.30. The number of hydrogen-bond acceptors (Lipinski definition) is 4. The third kappa shape index (κ3) is 2.73. The predicted octanol–water partition coefficient (Wildman–Crippen LogP) is 2.41. The normalized spacial score (nSPS) is 23.3. The molecule has 2 aliphatic rings. The van der Waals surface area contributed by atoms with E-state index < -0.39 is 27.0 Å². The van der Waals surface area contributed by atoms with Gasteiger partial charge in [-0.3, -0.25) is 9.36 Å². The summed E-state index contributed by atoms with van der Waals surface area (Å²) in [5, 5.41) is 7.71. The molecule has 146 valence electrons. The van der Waals surface area contributed by atoms with Gasteiger partial charge in [-0.25, -0.2) is 17.2 Å². The molecule has 1 fully saturated rings. The minimum Gasteiger partial charge on any atom is -0.268 e. The Kier molecular flexibility index (Phi) is 4.22. The molecule has 0 amide bonds. The molecule has 2 aromatic heterocycles. The summed E-state index contributed by atoms with van der Waals surface area (Å²) < 4.78 is 58.0. The van der Waals surface area contributed by atoms with Crippen molar-refractivity contribution in [3.8, 4) is 0 Å². The Morgan fingerprint density at radius 2 is 1.96 bits per heavy atom. The van der Waals surface area contributed by atoms with Crippen LogP contribution in [0, 0.1) is 6.92 Å². The molecule has 1 saturated heterocycles. The molecule has 0 spiro atoms. The molecule has 7 nitrogen and oxygen atoms in total. The van der Waals surface area contributed by atoms with Crippen LogP contribution in [0.4, 0.5) is 8.78 Å². The molecule has 2 atom stereocenters. The van der Waals surface area contributed by atoms with Crippen molar-refractivity contribution in [1.29, 1.82) is 0 Å². The third-order valence-electron chi connectivity index (χ3n) is 5.44. The van der Waals surface area contributed by atoms with E-state index in [1.165, 1.54) is 18.3 Å². The van der Waals surface area contributed by atoms with E-state index in [9.17, 15) is 17.2 Å². The molecule has 4 rings (SSSR count). The van der Waals surface area contributed by atoms with Gasteiger partial charge in [-0.1, -0.05) is 6.08 Å². The molecule has 10 heteroatoms. The van der Waals surface area contributed by atoms with Crippen molar-refractivity contribution >= 4 is 15.6 Å². The largest absolute Gasteiger partial charge is 0.268 e. The molecule has 0 aromatic carbocycles. The molecule has 2 bridgehead atoms. The topological polar surface area (TPSA) is 73.0 Å². The van der Waals surface area contributed by atoms with E-state index >= 15 is 0 Å². The maximum Gasteiger partial charge on any atom is 0.268 e. The number of rotatable bonds is 4. The summed E-state index contributed by atoms with van der Waals surface area (Å²) in [7, 11) is -0.860. The van der Waals surface area contributed by atoms with Gasteiger partial charge in [-0.05, 0) is 37.8 Å². The number of fused-ring (bicyclic) bond motifs is 2. The van der Waals surface area contributed by atoms with E-state index in [0.29, 0.717) is 19.3 Å². The van der Waals surface area contributed by atoms with Gasteiger partial charge in [0.05, 0.1) is 17.0 Å². The van der Waals surface area contributed by atoms with Gasteiger partial charge in [0.1, 0.15) is 0 Å². The van der Waals surface area contributed by atoms with Crippen LogP contribution in [0.1, 0.15) is 42.6 Å². The van der Waals surface area contributed by atoms with Crippen molar-refractivity contribution in [3.63, 3.8) is 0 Å². The number of hydrogen-bond donors (Lipinski definition) is 0. The Morgan fingerprint density at radius 3 is 2.56 bits per heavy atom. The second-order valence-corrected chi connectivity index (χ2v) is 8.86. The van der Waals surface area contributed by atoms with Crippen molar-refractivity contribution in [2.75, 3.05) is 0 Å². The van der Waals surface area contributed by atoms with Crippen LogP contribution >= 0.6 is 0 Å². The molecule has 2 aromatic rings.